The molecule has 0 aliphatic carbocycles. The van der Waals surface area contributed by atoms with E-state index in [-0.39, 0.29) is 0 Å². The first-order valence-electron chi connectivity index (χ1n) is 10.1. The van der Waals surface area contributed by atoms with Crippen molar-refractivity contribution in [3.05, 3.63) is 65.9 Å². The molecule has 0 spiro atoms. The Bertz CT molecular complexity index is 1230. The lowest BCUT2D eigenvalue weighted by atomic mass is 9.97. The van der Waals surface area contributed by atoms with Crippen LogP contribution in [0.5, 0.6) is 0 Å². The average molecular weight is 416 g/mol. The van der Waals surface area contributed by atoms with E-state index in [0.717, 1.165) is 69.8 Å². The van der Waals surface area contributed by atoms with Crippen molar-refractivity contribution in [3.8, 4) is 21.7 Å². The molecule has 0 atom stereocenters. The number of benzene rings is 1. The van der Waals surface area contributed by atoms with Crippen molar-refractivity contribution in [2.45, 2.75) is 25.7 Å². The lowest BCUT2D eigenvalue weighted by Gasteiger charge is -2.21. The normalized spacial score (nSPS) is 15.0. The molecule has 4 heterocycles. The molecule has 0 amide bonds. The topological polar surface area (TPSA) is 73.9 Å². The first-order chi connectivity index (χ1) is 14.6. The molecule has 3 aromatic heterocycles. The van der Waals surface area contributed by atoms with Crippen LogP contribution in [0.3, 0.4) is 0 Å². The molecule has 2 N–H and O–H groups in total. The number of ether oxygens (including phenoxy) is 1. The Hall–Kier alpha value is -2.83. The summed E-state index contributed by atoms with van der Waals surface area (Å²) in [6, 6.07) is 8.44. The standard InChI is InChI=1S/C24H23N4OS/c1-14-9-18(12-26-11-14)17-3-4-19-20(10-17)23(25)27-13-21(19)24-28-15(2)22(30-24)16-5-7-29-8-6-16/h3-4,9-13,16H,2,5-8H2,1H3,(H2,25,27). The number of fused-ring (bicyclic) bond motifs is 1. The molecule has 5 rings (SSSR count). The van der Waals surface area contributed by atoms with Crippen LogP contribution < -0.4 is 5.73 Å². The third-order valence-electron chi connectivity index (χ3n) is 5.68. The molecule has 0 unspecified atom stereocenters. The second-order valence-electron chi connectivity index (χ2n) is 7.79. The number of hydrogen-bond donors (Lipinski definition) is 1. The van der Waals surface area contributed by atoms with Gasteiger partial charge in [-0.05, 0) is 61.3 Å². The first kappa shape index (κ1) is 19.2. The second-order valence-corrected chi connectivity index (χ2v) is 8.82. The largest absolute Gasteiger partial charge is 0.383 e. The van der Waals surface area contributed by atoms with Crippen LogP contribution in [0.25, 0.3) is 32.5 Å². The van der Waals surface area contributed by atoms with Crippen molar-refractivity contribution in [1.29, 1.82) is 0 Å². The maximum atomic E-state index is 6.26. The zero-order valence-electron chi connectivity index (χ0n) is 16.9. The summed E-state index contributed by atoms with van der Waals surface area (Å²) < 4.78 is 5.51. The monoisotopic (exact) mass is 415 g/mol. The lowest BCUT2D eigenvalue weighted by molar-refractivity contribution is 0.0859. The van der Waals surface area contributed by atoms with Gasteiger partial charge < -0.3 is 10.5 Å². The van der Waals surface area contributed by atoms with E-state index >= 15 is 0 Å². The van der Waals surface area contributed by atoms with Crippen LogP contribution in [-0.2, 0) is 4.74 Å². The molecule has 1 saturated heterocycles. The van der Waals surface area contributed by atoms with Gasteiger partial charge in [0.05, 0.1) is 5.69 Å². The van der Waals surface area contributed by atoms with Gasteiger partial charge in [0.2, 0.25) is 0 Å². The number of aryl methyl sites for hydroxylation is 1. The fourth-order valence-corrected chi connectivity index (χ4v) is 5.29. The van der Waals surface area contributed by atoms with Gasteiger partial charge >= 0.3 is 0 Å². The molecule has 1 aromatic carbocycles. The number of pyridine rings is 2. The fraction of sp³-hybridized carbons (Fsp3) is 0.250. The van der Waals surface area contributed by atoms with Gasteiger partial charge in [-0.2, -0.15) is 0 Å². The molecule has 0 saturated carbocycles. The summed E-state index contributed by atoms with van der Waals surface area (Å²) in [6.07, 6.45) is 7.61. The number of thiazole rings is 1. The smallest absolute Gasteiger partial charge is 0.131 e. The van der Waals surface area contributed by atoms with E-state index in [4.69, 9.17) is 15.5 Å². The first-order valence-corrected chi connectivity index (χ1v) is 10.9. The number of anilines is 1. The summed E-state index contributed by atoms with van der Waals surface area (Å²) in [6.45, 7) is 7.86. The summed E-state index contributed by atoms with van der Waals surface area (Å²) in [5.41, 5.74) is 11.4. The third kappa shape index (κ3) is 3.46. The van der Waals surface area contributed by atoms with E-state index in [0.29, 0.717) is 11.7 Å². The highest BCUT2D eigenvalue weighted by atomic mass is 32.1. The van der Waals surface area contributed by atoms with Crippen LogP contribution in [-0.4, -0.2) is 28.2 Å². The van der Waals surface area contributed by atoms with Crippen molar-refractivity contribution in [3.63, 3.8) is 0 Å². The maximum Gasteiger partial charge on any atom is 0.131 e. The van der Waals surface area contributed by atoms with Crippen molar-refractivity contribution < 1.29 is 4.74 Å². The highest BCUT2D eigenvalue weighted by Gasteiger charge is 2.22. The summed E-state index contributed by atoms with van der Waals surface area (Å²) in [5.74, 6) is 0.998. The Balaban J connectivity index is 1.60. The zero-order valence-corrected chi connectivity index (χ0v) is 17.7. The molecule has 1 radical (unpaired) electrons. The minimum absolute atomic E-state index is 0.478. The van der Waals surface area contributed by atoms with Gasteiger partial charge in [-0.15, -0.1) is 11.3 Å². The van der Waals surface area contributed by atoms with Gasteiger partial charge in [-0.25, -0.2) is 9.97 Å². The highest BCUT2D eigenvalue weighted by molar-refractivity contribution is 7.15. The number of rotatable bonds is 3. The van der Waals surface area contributed by atoms with Crippen LogP contribution in [0, 0.1) is 13.8 Å². The molecule has 5 nitrogen and oxygen atoms in total. The van der Waals surface area contributed by atoms with E-state index in [9.17, 15) is 0 Å². The molecule has 151 valence electrons. The van der Waals surface area contributed by atoms with Crippen LogP contribution >= 0.6 is 11.3 Å². The number of nitrogens with zero attached hydrogens (tertiary/aromatic N) is 3. The number of hydrogen-bond acceptors (Lipinski definition) is 6. The molecule has 30 heavy (non-hydrogen) atoms. The summed E-state index contributed by atoms with van der Waals surface area (Å²) in [5, 5.41) is 2.93. The minimum atomic E-state index is 0.478. The van der Waals surface area contributed by atoms with Crippen LogP contribution in [0.2, 0.25) is 0 Å². The molecule has 1 fully saturated rings. The van der Waals surface area contributed by atoms with Gasteiger partial charge in [0.15, 0.2) is 0 Å². The molecular formula is C24H23N4OS. The van der Waals surface area contributed by atoms with Crippen LogP contribution in [0.4, 0.5) is 5.82 Å². The van der Waals surface area contributed by atoms with Crippen molar-refractivity contribution in [2.24, 2.45) is 0 Å². The molecular weight excluding hydrogens is 392 g/mol. The van der Waals surface area contributed by atoms with Crippen LogP contribution in [0.1, 0.15) is 34.9 Å². The SMILES string of the molecule is [CH2]c1nc(-c2cnc(N)c3cc(-c4cncc(C)c4)ccc23)sc1C1CCOCC1. The Morgan fingerprint density at radius 3 is 2.70 bits per heavy atom. The number of aromatic nitrogens is 3. The van der Waals surface area contributed by atoms with Crippen molar-refractivity contribution in [1.82, 2.24) is 15.0 Å². The second kappa shape index (κ2) is 7.78. The molecule has 1 aliphatic rings. The van der Waals surface area contributed by atoms with E-state index in [2.05, 4.69) is 41.2 Å². The average Bonchev–Trinajstić information content (AvgIpc) is 3.16. The third-order valence-corrected chi connectivity index (χ3v) is 6.97. The highest BCUT2D eigenvalue weighted by Crippen LogP contribution is 2.40. The predicted octanol–water partition coefficient (Wildman–Crippen LogP) is 5.39. The van der Waals surface area contributed by atoms with E-state index in [1.807, 2.05) is 25.5 Å². The lowest BCUT2D eigenvalue weighted by Crippen LogP contribution is -2.13. The molecule has 4 aromatic rings. The number of nitrogen functional groups attached to an aromatic ring is 1. The quantitative estimate of drug-likeness (QED) is 0.486. The molecule has 1 aliphatic heterocycles. The summed E-state index contributed by atoms with van der Waals surface area (Å²) in [4.78, 5) is 14.9. The zero-order chi connectivity index (χ0) is 20.7. The fourth-order valence-electron chi connectivity index (χ4n) is 4.08. The molecule has 6 heteroatoms. The Labute approximate surface area is 180 Å². The number of nitrogens with two attached hydrogens (primary N) is 1. The van der Waals surface area contributed by atoms with Gasteiger partial charge in [-0.1, -0.05) is 12.1 Å². The maximum absolute atomic E-state index is 6.26. The van der Waals surface area contributed by atoms with Gasteiger partial charge in [0.25, 0.3) is 0 Å². The van der Waals surface area contributed by atoms with Crippen LogP contribution in [0.15, 0.2) is 42.9 Å². The Morgan fingerprint density at radius 1 is 1.07 bits per heavy atom. The molecule has 0 bridgehead atoms. The van der Waals surface area contributed by atoms with E-state index < -0.39 is 0 Å². The van der Waals surface area contributed by atoms with Crippen molar-refractivity contribution >= 4 is 27.9 Å². The predicted molar refractivity (Wildman–Crippen MR) is 122 cm³/mol. The summed E-state index contributed by atoms with van der Waals surface area (Å²) in [7, 11) is 0. The van der Waals surface area contributed by atoms with E-state index in [1.54, 1.807) is 11.3 Å². The minimum Gasteiger partial charge on any atom is -0.383 e. The Kier molecular flexibility index (Phi) is 4.97. The van der Waals surface area contributed by atoms with Crippen molar-refractivity contribution in [2.75, 3.05) is 18.9 Å². The van der Waals surface area contributed by atoms with E-state index in [1.165, 1.54) is 4.88 Å². The van der Waals surface area contributed by atoms with Gasteiger partial charge in [-0.3, -0.25) is 4.98 Å². The Morgan fingerprint density at radius 2 is 1.90 bits per heavy atom. The van der Waals surface area contributed by atoms with Gasteiger partial charge in [0, 0.05) is 53.2 Å². The summed E-state index contributed by atoms with van der Waals surface area (Å²) >= 11 is 1.72. The van der Waals surface area contributed by atoms with Gasteiger partial charge in [0.1, 0.15) is 10.8 Å².